The van der Waals surface area contributed by atoms with Crippen LogP contribution in [-0.4, -0.2) is 78.6 Å². The van der Waals surface area contributed by atoms with Gasteiger partial charge in [-0.3, -0.25) is 9.69 Å². The lowest BCUT2D eigenvalue weighted by atomic mass is 10.0. The highest BCUT2D eigenvalue weighted by atomic mass is 19.1. The van der Waals surface area contributed by atoms with Crippen molar-refractivity contribution in [1.82, 2.24) is 14.7 Å². The zero-order valence-corrected chi connectivity index (χ0v) is 18.1. The Morgan fingerprint density at radius 2 is 1.90 bits per heavy atom. The molecule has 2 aliphatic heterocycles. The molecule has 1 aromatic carbocycles. The van der Waals surface area contributed by atoms with Crippen LogP contribution in [0.4, 0.5) is 4.39 Å². The summed E-state index contributed by atoms with van der Waals surface area (Å²) in [6, 6.07) is 7.17. The Bertz CT molecular complexity index is 661. The van der Waals surface area contributed by atoms with Gasteiger partial charge in [0.25, 0.3) is 0 Å². The summed E-state index contributed by atoms with van der Waals surface area (Å²) in [5.74, 6) is 0.360. The van der Waals surface area contributed by atoms with Crippen LogP contribution in [0.5, 0.6) is 0 Å². The maximum Gasteiger partial charge on any atom is 0.236 e. The van der Waals surface area contributed by atoms with Crippen molar-refractivity contribution in [2.24, 2.45) is 5.92 Å². The average Bonchev–Trinajstić information content (AvgIpc) is 2.86. The number of likely N-dealkylation sites (tertiary alicyclic amines) is 1. The lowest BCUT2D eigenvalue weighted by molar-refractivity contribution is -0.132. The molecule has 1 amide bonds. The van der Waals surface area contributed by atoms with Crippen LogP contribution in [0, 0.1) is 11.7 Å². The molecular formula is C23H36FN3O2. The largest absolute Gasteiger partial charge is 0.370 e. The molecule has 2 fully saturated rings. The van der Waals surface area contributed by atoms with Gasteiger partial charge in [-0.1, -0.05) is 39.0 Å². The predicted molar refractivity (Wildman–Crippen MR) is 113 cm³/mol. The van der Waals surface area contributed by atoms with Gasteiger partial charge in [0.05, 0.1) is 19.3 Å². The van der Waals surface area contributed by atoms with Gasteiger partial charge in [-0.2, -0.15) is 0 Å². The van der Waals surface area contributed by atoms with Crippen LogP contribution in [0.3, 0.4) is 0 Å². The lowest BCUT2D eigenvalue weighted by Crippen LogP contribution is -2.48. The Morgan fingerprint density at radius 1 is 1.17 bits per heavy atom. The van der Waals surface area contributed by atoms with Gasteiger partial charge in [0.1, 0.15) is 5.82 Å². The molecule has 0 bridgehead atoms. The van der Waals surface area contributed by atoms with E-state index in [0.717, 1.165) is 45.6 Å². The number of ether oxygens (including phenoxy) is 1. The quantitative estimate of drug-likeness (QED) is 0.699. The average molecular weight is 406 g/mol. The molecule has 2 saturated heterocycles. The van der Waals surface area contributed by atoms with E-state index in [1.54, 1.807) is 12.1 Å². The summed E-state index contributed by atoms with van der Waals surface area (Å²) in [5.41, 5.74) is 0.571. The summed E-state index contributed by atoms with van der Waals surface area (Å²) in [7, 11) is 0. The zero-order valence-electron chi connectivity index (χ0n) is 18.1. The highest BCUT2D eigenvalue weighted by Gasteiger charge is 2.33. The van der Waals surface area contributed by atoms with Crippen molar-refractivity contribution in [1.29, 1.82) is 0 Å². The Labute approximate surface area is 174 Å². The van der Waals surface area contributed by atoms with E-state index in [4.69, 9.17) is 4.74 Å². The summed E-state index contributed by atoms with van der Waals surface area (Å²) in [6.45, 7) is 12.5. The molecule has 1 aromatic rings. The van der Waals surface area contributed by atoms with Crippen molar-refractivity contribution in [3.8, 4) is 0 Å². The van der Waals surface area contributed by atoms with Gasteiger partial charge in [-0.25, -0.2) is 4.39 Å². The topological polar surface area (TPSA) is 36.0 Å². The molecule has 0 spiro atoms. The molecule has 5 nitrogen and oxygen atoms in total. The van der Waals surface area contributed by atoms with Crippen LogP contribution in [0.15, 0.2) is 24.3 Å². The molecular weight excluding hydrogens is 369 g/mol. The fourth-order valence-electron chi connectivity index (χ4n) is 4.43. The number of amides is 1. The van der Waals surface area contributed by atoms with E-state index >= 15 is 0 Å². The standard InChI is InChI=1S/C23H36FN3O2/c1-4-25-11-9-20(10-12-25)26-14-21(15-27(13-18(2)3)23(28)16-26)29-17-19-7-5-6-8-22(19)24/h5-8,18,20-21H,4,9-17H2,1-3H3/t21-/m1/s1. The van der Waals surface area contributed by atoms with E-state index in [-0.39, 0.29) is 24.4 Å². The van der Waals surface area contributed by atoms with Gasteiger partial charge in [0, 0.05) is 31.2 Å². The molecule has 162 valence electrons. The van der Waals surface area contributed by atoms with Crippen LogP contribution in [0.1, 0.15) is 39.2 Å². The number of halogens is 1. The molecule has 6 heteroatoms. The Morgan fingerprint density at radius 3 is 2.55 bits per heavy atom. The molecule has 29 heavy (non-hydrogen) atoms. The number of nitrogens with zero attached hydrogens (tertiary/aromatic N) is 3. The third-order valence-corrected chi connectivity index (χ3v) is 6.09. The summed E-state index contributed by atoms with van der Waals surface area (Å²) in [6.07, 6.45) is 2.07. The summed E-state index contributed by atoms with van der Waals surface area (Å²) >= 11 is 0. The van der Waals surface area contributed by atoms with Gasteiger partial charge >= 0.3 is 0 Å². The Balaban J connectivity index is 1.68. The van der Waals surface area contributed by atoms with Crippen molar-refractivity contribution < 1.29 is 13.9 Å². The minimum atomic E-state index is -0.236. The number of piperidine rings is 1. The Hall–Kier alpha value is -1.50. The van der Waals surface area contributed by atoms with Crippen molar-refractivity contribution in [2.75, 3.05) is 45.8 Å². The maximum absolute atomic E-state index is 14.0. The maximum atomic E-state index is 14.0. The van der Waals surface area contributed by atoms with E-state index in [1.807, 2.05) is 11.0 Å². The van der Waals surface area contributed by atoms with E-state index in [0.29, 0.717) is 30.6 Å². The number of hydrogen-bond acceptors (Lipinski definition) is 4. The van der Waals surface area contributed by atoms with Crippen molar-refractivity contribution >= 4 is 5.91 Å². The number of hydrogen-bond donors (Lipinski definition) is 0. The van der Waals surface area contributed by atoms with Crippen LogP contribution in [-0.2, 0) is 16.1 Å². The van der Waals surface area contributed by atoms with Gasteiger partial charge in [-0.15, -0.1) is 0 Å². The molecule has 0 aliphatic carbocycles. The second-order valence-corrected chi connectivity index (χ2v) is 8.81. The second-order valence-electron chi connectivity index (χ2n) is 8.81. The normalized spacial score (nSPS) is 23.0. The summed E-state index contributed by atoms with van der Waals surface area (Å²) in [4.78, 5) is 19.7. The molecule has 0 saturated carbocycles. The van der Waals surface area contributed by atoms with E-state index in [1.165, 1.54) is 6.07 Å². The number of rotatable bonds is 7. The molecule has 0 radical (unpaired) electrons. The SMILES string of the molecule is CCN1CCC(N2CC(=O)N(CC(C)C)C[C@H](OCc3ccccc3F)C2)CC1. The molecule has 2 aliphatic rings. The highest BCUT2D eigenvalue weighted by molar-refractivity contribution is 5.78. The molecule has 0 unspecified atom stereocenters. The van der Waals surface area contributed by atoms with Gasteiger partial charge in [0.2, 0.25) is 5.91 Å². The van der Waals surface area contributed by atoms with Crippen LogP contribution in [0.2, 0.25) is 0 Å². The fraction of sp³-hybridized carbons (Fsp3) is 0.696. The number of carbonyl (C=O) groups excluding carboxylic acids is 1. The van der Waals surface area contributed by atoms with Crippen LogP contribution >= 0.6 is 0 Å². The van der Waals surface area contributed by atoms with Gasteiger partial charge < -0.3 is 14.5 Å². The summed E-state index contributed by atoms with van der Waals surface area (Å²) < 4.78 is 20.2. The first-order valence-electron chi connectivity index (χ1n) is 11.1. The third-order valence-electron chi connectivity index (χ3n) is 6.09. The monoisotopic (exact) mass is 405 g/mol. The second kappa shape index (κ2) is 10.5. The molecule has 0 aromatic heterocycles. The van der Waals surface area contributed by atoms with Crippen molar-refractivity contribution in [2.45, 2.75) is 52.4 Å². The molecule has 0 N–H and O–H groups in total. The molecule has 2 heterocycles. The minimum absolute atomic E-state index is 0.107. The van der Waals surface area contributed by atoms with E-state index in [2.05, 4.69) is 30.6 Å². The van der Waals surface area contributed by atoms with Crippen molar-refractivity contribution in [3.05, 3.63) is 35.6 Å². The highest BCUT2D eigenvalue weighted by Crippen LogP contribution is 2.21. The van der Waals surface area contributed by atoms with Gasteiger partial charge in [-0.05, 0) is 44.5 Å². The van der Waals surface area contributed by atoms with E-state index < -0.39 is 0 Å². The van der Waals surface area contributed by atoms with E-state index in [9.17, 15) is 9.18 Å². The van der Waals surface area contributed by atoms with Crippen molar-refractivity contribution in [3.63, 3.8) is 0 Å². The van der Waals surface area contributed by atoms with Crippen LogP contribution < -0.4 is 0 Å². The molecule has 1 atom stereocenters. The molecule has 3 rings (SSSR count). The predicted octanol–water partition coefficient (Wildman–Crippen LogP) is 3.00. The zero-order chi connectivity index (χ0) is 20.8. The van der Waals surface area contributed by atoms with Gasteiger partial charge in [0.15, 0.2) is 0 Å². The first-order valence-corrected chi connectivity index (χ1v) is 11.1. The number of benzene rings is 1. The number of carbonyl (C=O) groups is 1. The minimum Gasteiger partial charge on any atom is -0.370 e. The lowest BCUT2D eigenvalue weighted by Gasteiger charge is -2.38. The summed E-state index contributed by atoms with van der Waals surface area (Å²) in [5, 5.41) is 0. The first kappa shape index (κ1) is 22.2. The first-order chi connectivity index (χ1) is 14.0. The fourth-order valence-corrected chi connectivity index (χ4v) is 4.43. The smallest absolute Gasteiger partial charge is 0.236 e. The third kappa shape index (κ3) is 6.24. The van der Waals surface area contributed by atoms with Crippen LogP contribution in [0.25, 0.3) is 0 Å². The Kier molecular flexibility index (Phi) is 8.04.